The third-order valence-corrected chi connectivity index (χ3v) is 8.90. The predicted octanol–water partition coefficient (Wildman–Crippen LogP) is 5.56. The molecule has 0 fully saturated rings. The molecule has 226 valence electrons. The molecule has 0 aliphatic carbocycles. The lowest BCUT2D eigenvalue weighted by Gasteiger charge is -2.36. The number of fused-ring (bicyclic) bond motifs is 2. The molecule has 10 heteroatoms. The Morgan fingerprint density at radius 3 is 2.56 bits per heavy atom. The van der Waals surface area contributed by atoms with Crippen LogP contribution in [0.2, 0.25) is 0 Å². The van der Waals surface area contributed by atoms with Gasteiger partial charge in [0.05, 0.1) is 29.0 Å². The molecule has 2 heterocycles. The van der Waals surface area contributed by atoms with Crippen molar-refractivity contribution in [3.63, 3.8) is 0 Å². The van der Waals surface area contributed by atoms with E-state index in [9.17, 15) is 9.59 Å². The monoisotopic (exact) mass is 602 g/mol. The number of amides is 2. The van der Waals surface area contributed by atoms with Gasteiger partial charge in [-0.3, -0.25) is 14.5 Å². The van der Waals surface area contributed by atoms with Crippen molar-refractivity contribution < 1.29 is 23.8 Å². The van der Waals surface area contributed by atoms with Gasteiger partial charge in [-0.05, 0) is 60.9 Å². The molecule has 43 heavy (non-hydrogen) atoms. The average Bonchev–Trinajstić information content (AvgIpc) is 3.46. The van der Waals surface area contributed by atoms with Crippen molar-refractivity contribution in [3.8, 4) is 11.5 Å². The molecular formula is C33H38N4O5S. The molecule has 0 unspecified atom stereocenters. The molecule has 4 aromatic rings. The van der Waals surface area contributed by atoms with Crippen molar-refractivity contribution >= 4 is 39.1 Å². The van der Waals surface area contributed by atoms with Gasteiger partial charge in [0.25, 0.3) is 11.8 Å². The Bertz CT molecular complexity index is 1540. The van der Waals surface area contributed by atoms with E-state index in [-0.39, 0.29) is 29.9 Å². The molecule has 1 aliphatic rings. The Morgan fingerprint density at radius 1 is 1.07 bits per heavy atom. The van der Waals surface area contributed by atoms with Crippen LogP contribution >= 0.6 is 11.3 Å². The zero-order valence-corrected chi connectivity index (χ0v) is 26.0. The van der Waals surface area contributed by atoms with Crippen LogP contribution in [0.1, 0.15) is 39.6 Å². The van der Waals surface area contributed by atoms with E-state index in [0.29, 0.717) is 35.2 Å². The highest BCUT2D eigenvalue weighted by atomic mass is 32.1. The number of thiazole rings is 1. The van der Waals surface area contributed by atoms with Crippen LogP contribution in [0.25, 0.3) is 10.2 Å². The summed E-state index contributed by atoms with van der Waals surface area (Å²) >= 11 is 1.33. The highest BCUT2D eigenvalue weighted by Gasteiger charge is 2.29. The highest BCUT2D eigenvalue weighted by molar-refractivity contribution is 7.20. The topological polar surface area (TPSA) is 93.2 Å². The minimum atomic E-state index is -0.327. The second kappa shape index (κ2) is 13.5. The van der Waals surface area contributed by atoms with Crippen LogP contribution in [0, 0.1) is 5.92 Å². The van der Waals surface area contributed by atoms with E-state index in [1.807, 2.05) is 36.4 Å². The van der Waals surface area contributed by atoms with E-state index in [0.717, 1.165) is 29.1 Å². The molecule has 3 aromatic carbocycles. The largest absolute Gasteiger partial charge is 0.497 e. The fraction of sp³-hybridized carbons (Fsp3) is 0.364. The summed E-state index contributed by atoms with van der Waals surface area (Å²) in [7, 11) is 5.12. The van der Waals surface area contributed by atoms with Crippen molar-refractivity contribution in [2.24, 2.45) is 5.92 Å². The summed E-state index contributed by atoms with van der Waals surface area (Å²) in [6.45, 7) is 6.56. The quantitative estimate of drug-likeness (QED) is 0.309. The first-order valence-corrected chi connectivity index (χ1v) is 15.2. The Labute approximate surface area is 256 Å². The molecular weight excluding hydrogens is 564 g/mol. The molecule has 9 nitrogen and oxygen atoms in total. The lowest BCUT2D eigenvalue weighted by Crippen LogP contribution is -2.46. The van der Waals surface area contributed by atoms with E-state index in [1.165, 1.54) is 16.9 Å². The standard InChI is InChI=1S/C33H38N4O5S/c1-21-17-37(18-23-10-13-25(40-4)14-11-23)22(2)20-42-28-15-12-24(16-26(28)33(39)36(3)19-29(21)41-5)34-31(38)32-35-27-8-6-7-9-30(27)43-32/h6-16,21-22,29H,17-20H2,1-5H3,(H,34,38)/t21-,22-,29-/m1/s1. The zero-order chi connectivity index (χ0) is 30.5. The first-order valence-electron chi connectivity index (χ1n) is 14.3. The maximum atomic E-state index is 13.7. The maximum Gasteiger partial charge on any atom is 0.284 e. The molecule has 0 radical (unpaired) electrons. The van der Waals surface area contributed by atoms with E-state index >= 15 is 0 Å². The van der Waals surface area contributed by atoms with E-state index in [1.54, 1.807) is 44.4 Å². The number of rotatable bonds is 6. The van der Waals surface area contributed by atoms with E-state index in [2.05, 4.69) is 41.2 Å². The molecule has 2 amide bonds. The molecule has 0 bridgehead atoms. The SMILES string of the molecule is COc1ccc(CN2C[C@@H](C)[C@H](OC)CN(C)C(=O)c3cc(NC(=O)c4nc5ccccc5s4)ccc3OC[C@H]2C)cc1. The van der Waals surface area contributed by atoms with Crippen LogP contribution in [-0.2, 0) is 11.3 Å². The van der Waals surface area contributed by atoms with Crippen molar-refractivity contribution in [2.75, 3.05) is 46.3 Å². The lowest BCUT2D eigenvalue weighted by atomic mass is 10.0. The number of para-hydroxylation sites is 1. The normalized spacial score (nSPS) is 20.1. The van der Waals surface area contributed by atoms with Crippen LogP contribution < -0.4 is 14.8 Å². The molecule has 1 aliphatic heterocycles. The Hall–Kier alpha value is -3.99. The third kappa shape index (κ3) is 7.15. The van der Waals surface area contributed by atoms with Crippen molar-refractivity contribution in [1.82, 2.24) is 14.8 Å². The fourth-order valence-corrected chi connectivity index (χ4v) is 6.13. The first kappa shape index (κ1) is 30.5. The number of anilines is 1. The van der Waals surface area contributed by atoms with Gasteiger partial charge in [-0.25, -0.2) is 4.98 Å². The number of nitrogens with one attached hydrogen (secondary N) is 1. The van der Waals surface area contributed by atoms with Crippen LogP contribution in [0.3, 0.4) is 0 Å². The first-order chi connectivity index (χ1) is 20.7. The van der Waals surface area contributed by atoms with Gasteiger partial charge in [0.2, 0.25) is 0 Å². The minimum absolute atomic E-state index is 0.0422. The van der Waals surface area contributed by atoms with Crippen LogP contribution in [0.5, 0.6) is 11.5 Å². The average molecular weight is 603 g/mol. The van der Waals surface area contributed by atoms with Crippen LogP contribution in [-0.4, -0.2) is 79.7 Å². The Morgan fingerprint density at radius 2 is 1.84 bits per heavy atom. The molecule has 1 N–H and O–H groups in total. The number of aromatic nitrogens is 1. The summed E-state index contributed by atoms with van der Waals surface area (Å²) in [4.78, 5) is 35.3. The number of carbonyl (C=O) groups excluding carboxylic acids is 2. The molecule has 1 aromatic heterocycles. The highest BCUT2D eigenvalue weighted by Crippen LogP contribution is 2.28. The number of ether oxygens (including phenoxy) is 3. The number of benzene rings is 3. The van der Waals surface area contributed by atoms with Crippen LogP contribution in [0.15, 0.2) is 66.7 Å². The second-order valence-electron chi connectivity index (χ2n) is 11.0. The summed E-state index contributed by atoms with van der Waals surface area (Å²) in [6.07, 6.45) is -0.176. The minimum Gasteiger partial charge on any atom is -0.497 e. The van der Waals surface area contributed by atoms with Crippen molar-refractivity contribution in [1.29, 1.82) is 0 Å². The van der Waals surface area contributed by atoms with E-state index in [4.69, 9.17) is 14.2 Å². The van der Waals surface area contributed by atoms with Gasteiger partial charge in [-0.1, -0.05) is 31.2 Å². The van der Waals surface area contributed by atoms with Gasteiger partial charge < -0.3 is 24.4 Å². The zero-order valence-electron chi connectivity index (χ0n) is 25.2. The molecule has 0 spiro atoms. The van der Waals surface area contributed by atoms with Crippen LogP contribution in [0.4, 0.5) is 5.69 Å². The second-order valence-corrected chi connectivity index (χ2v) is 12.1. The summed E-state index contributed by atoms with van der Waals surface area (Å²) in [5.74, 6) is 0.894. The molecule has 0 saturated carbocycles. The van der Waals surface area contributed by atoms with Crippen molar-refractivity contribution in [2.45, 2.75) is 32.5 Å². The number of methoxy groups -OCH3 is 2. The third-order valence-electron chi connectivity index (χ3n) is 7.86. The predicted molar refractivity (Wildman–Crippen MR) is 169 cm³/mol. The van der Waals surface area contributed by atoms with Crippen molar-refractivity contribution in [3.05, 3.63) is 82.9 Å². The molecule has 3 atom stereocenters. The summed E-state index contributed by atoms with van der Waals surface area (Å²) in [6, 6.07) is 20.9. The maximum absolute atomic E-state index is 13.7. The number of nitrogens with zero attached hydrogens (tertiary/aromatic N) is 3. The van der Waals surface area contributed by atoms with E-state index < -0.39 is 0 Å². The van der Waals surface area contributed by atoms with Gasteiger partial charge in [0, 0.05) is 45.5 Å². The Balaban J connectivity index is 1.40. The van der Waals surface area contributed by atoms with Gasteiger partial charge in [0.15, 0.2) is 5.01 Å². The molecule has 0 saturated heterocycles. The van der Waals surface area contributed by atoms with Gasteiger partial charge in [0.1, 0.15) is 18.1 Å². The number of carbonyl (C=O) groups is 2. The fourth-order valence-electron chi connectivity index (χ4n) is 5.27. The lowest BCUT2D eigenvalue weighted by molar-refractivity contribution is 0.00921. The van der Waals surface area contributed by atoms with Gasteiger partial charge in [-0.15, -0.1) is 11.3 Å². The number of likely N-dealkylation sites (N-methyl/N-ethyl adjacent to an activating group) is 1. The summed E-state index contributed by atoms with van der Waals surface area (Å²) in [5, 5.41) is 3.27. The van der Waals surface area contributed by atoms with Gasteiger partial charge >= 0.3 is 0 Å². The molecule has 5 rings (SSSR count). The van der Waals surface area contributed by atoms with Gasteiger partial charge in [-0.2, -0.15) is 0 Å². The number of hydrogen-bond donors (Lipinski definition) is 1. The smallest absolute Gasteiger partial charge is 0.284 e. The summed E-state index contributed by atoms with van der Waals surface area (Å²) in [5.41, 5.74) is 2.81. The summed E-state index contributed by atoms with van der Waals surface area (Å²) < 4.78 is 18.5. The number of hydrogen-bond acceptors (Lipinski definition) is 8. The Kier molecular flexibility index (Phi) is 9.59.